The quantitative estimate of drug-likeness (QED) is 0.200. The van der Waals surface area contributed by atoms with Crippen LogP contribution in [0.3, 0.4) is 0 Å². The van der Waals surface area contributed by atoms with Crippen LogP contribution in [-0.4, -0.2) is 69.3 Å². The average Bonchev–Trinajstić information content (AvgIpc) is 2.32. The maximum atomic E-state index is 11.2. The van der Waals surface area contributed by atoms with Gasteiger partial charge in [-0.25, -0.2) is 4.79 Å². The number of amides is 2. The summed E-state index contributed by atoms with van der Waals surface area (Å²) in [5, 5.41) is 41.9. The molecule has 5 N–H and O–H groups in total. The van der Waals surface area contributed by atoms with Crippen molar-refractivity contribution in [1.82, 2.24) is 10.3 Å². The molecular weight excluding hydrogens is 238 g/mol. The zero-order chi connectivity index (χ0) is 13.2. The monoisotopic (exact) mass is 251 g/mol. The number of urea groups is 1. The standard InChI is InChI=1S/C7H13N3O7/c1-8-6(14)10(9-16)7(15)5(13)4(12)3(11)2-17-7/h3-5,11-13,15H,2H2,1H3,(H,8,14)/t3-,4+,5-,7?/m1/s1. The number of carbonyl (C=O) groups is 1. The summed E-state index contributed by atoms with van der Waals surface area (Å²) in [4.78, 5) is 21.7. The lowest BCUT2D eigenvalue weighted by Gasteiger charge is -2.43. The van der Waals surface area contributed by atoms with Crippen molar-refractivity contribution in [2.45, 2.75) is 24.2 Å². The summed E-state index contributed by atoms with van der Waals surface area (Å²) in [6, 6.07) is -1.15. The molecule has 2 amide bonds. The van der Waals surface area contributed by atoms with Gasteiger partial charge in [-0.2, -0.15) is 0 Å². The van der Waals surface area contributed by atoms with E-state index in [4.69, 9.17) is 5.11 Å². The Kier molecular flexibility index (Phi) is 3.95. The van der Waals surface area contributed by atoms with Gasteiger partial charge in [0.2, 0.25) is 0 Å². The Bertz CT molecular complexity index is 314. The summed E-state index contributed by atoms with van der Waals surface area (Å²) >= 11 is 0. The first-order valence-electron chi connectivity index (χ1n) is 4.64. The number of ether oxygens (including phenoxy) is 1. The highest BCUT2D eigenvalue weighted by molar-refractivity contribution is 5.74. The van der Waals surface area contributed by atoms with E-state index in [-0.39, 0.29) is 5.01 Å². The molecule has 10 heteroatoms. The molecule has 0 spiro atoms. The van der Waals surface area contributed by atoms with Gasteiger partial charge >= 0.3 is 11.9 Å². The molecule has 1 aliphatic heterocycles. The normalized spacial score (nSPS) is 37.4. The van der Waals surface area contributed by atoms with E-state index in [9.17, 15) is 25.0 Å². The van der Waals surface area contributed by atoms with E-state index in [0.717, 1.165) is 7.05 Å². The molecule has 1 unspecified atom stereocenters. The van der Waals surface area contributed by atoms with Gasteiger partial charge in [0, 0.05) is 7.05 Å². The number of hydrogen-bond acceptors (Lipinski definition) is 8. The maximum Gasteiger partial charge on any atom is 0.344 e. The molecule has 0 aliphatic carbocycles. The van der Waals surface area contributed by atoms with Gasteiger partial charge in [-0.1, -0.05) is 0 Å². The van der Waals surface area contributed by atoms with Gasteiger partial charge in [0.15, 0.2) is 6.10 Å². The Morgan fingerprint density at radius 1 is 1.53 bits per heavy atom. The fourth-order valence-electron chi connectivity index (χ4n) is 1.36. The van der Waals surface area contributed by atoms with Crippen LogP contribution in [0, 0.1) is 4.91 Å². The minimum atomic E-state index is -2.83. The van der Waals surface area contributed by atoms with Crippen molar-refractivity contribution in [2.24, 2.45) is 5.29 Å². The Hall–Kier alpha value is -1.33. The number of aliphatic hydroxyl groups is 4. The van der Waals surface area contributed by atoms with Crippen molar-refractivity contribution < 1.29 is 30.0 Å². The van der Waals surface area contributed by atoms with Gasteiger partial charge in [0.25, 0.3) is 0 Å². The lowest BCUT2D eigenvalue weighted by atomic mass is 10.0. The molecule has 0 aromatic carbocycles. The second-order valence-corrected chi connectivity index (χ2v) is 3.42. The van der Waals surface area contributed by atoms with Crippen LogP contribution in [0.2, 0.25) is 0 Å². The lowest BCUT2D eigenvalue weighted by molar-refractivity contribution is -0.369. The van der Waals surface area contributed by atoms with E-state index < -0.39 is 36.9 Å². The van der Waals surface area contributed by atoms with Crippen molar-refractivity contribution in [2.75, 3.05) is 13.7 Å². The van der Waals surface area contributed by atoms with Crippen molar-refractivity contribution >= 4 is 6.03 Å². The van der Waals surface area contributed by atoms with Crippen LogP contribution in [0.5, 0.6) is 0 Å². The molecule has 0 bridgehead atoms. The Morgan fingerprint density at radius 2 is 2.12 bits per heavy atom. The summed E-state index contributed by atoms with van der Waals surface area (Å²) in [7, 11) is 1.16. The van der Waals surface area contributed by atoms with Crippen LogP contribution < -0.4 is 5.32 Å². The van der Waals surface area contributed by atoms with Crippen molar-refractivity contribution in [3.63, 3.8) is 0 Å². The van der Waals surface area contributed by atoms with E-state index in [1.165, 1.54) is 0 Å². The van der Waals surface area contributed by atoms with Crippen LogP contribution >= 0.6 is 0 Å². The number of nitroso groups, excluding NO2 is 1. The molecule has 17 heavy (non-hydrogen) atoms. The number of hydrogen-bond donors (Lipinski definition) is 5. The summed E-state index contributed by atoms with van der Waals surface area (Å²) < 4.78 is 4.60. The fourth-order valence-corrected chi connectivity index (χ4v) is 1.36. The Balaban J connectivity index is 2.99. The molecular formula is C7H13N3O7. The molecule has 10 nitrogen and oxygen atoms in total. The van der Waals surface area contributed by atoms with Gasteiger partial charge < -0.3 is 30.5 Å². The zero-order valence-corrected chi connectivity index (χ0v) is 8.85. The SMILES string of the molecule is CNC(=O)N(N=O)C1(O)OC[C@@H](O)[C@H](O)[C@H]1O. The lowest BCUT2D eigenvalue weighted by Crippen LogP contribution is -2.68. The average molecular weight is 251 g/mol. The highest BCUT2D eigenvalue weighted by atomic mass is 16.7. The van der Waals surface area contributed by atoms with Crippen LogP contribution in [-0.2, 0) is 4.74 Å². The smallest absolute Gasteiger partial charge is 0.344 e. The van der Waals surface area contributed by atoms with Crippen molar-refractivity contribution in [3.8, 4) is 0 Å². The Labute approximate surface area is 95.3 Å². The first-order valence-corrected chi connectivity index (χ1v) is 4.64. The minimum absolute atomic E-state index is 0.104. The van der Waals surface area contributed by atoms with E-state index in [1.54, 1.807) is 0 Å². The molecule has 1 rings (SSSR count). The first kappa shape index (κ1) is 13.7. The predicted octanol–water partition coefficient (Wildman–Crippen LogP) is -2.93. The summed E-state index contributed by atoms with van der Waals surface area (Å²) in [6.45, 7) is -0.586. The third-order valence-corrected chi connectivity index (χ3v) is 2.36. The van der Waals surface area contributed by atoms with Gasteiger partial charge in [-0.05, 0) is 0 Å². The summed E-state index contributed by atoms with van der Waals surface area (Å²) in [5.74, 6) is -2.83. The van der Waals surface area contributed by atoms with E-state index >= 15 is 0 Å². The van der Waals surface area contributed by atoms with Crippen molar-refractivity contribution in [3.05, 3.63) is 4.91 Å². The fraction of sp³-hybridized carbons (Fsp3) is 0.857. The maximum absolute atomic E-state index is 11.2. The molecule has 1 aliphatic rings. The zero-order valence-electron chi connectivity index (χ0n) is 8.85. The van der Waals surface area contributed by atoms with Gasteiger partial charge in [0.1, 0.15) is 12.2 Å². The van der Waals surface area contributed by atoms with Gasteiger partial charge in [0.05, 0.1) is 11.9 Å². The predicted molar refractivity (Wildman–Crippen MR) is 51.0 cm³/mol. The summed E-state index contributed by atoms with van der Waals surface area (Å²) in [6.07, 6.45) is -5.35. The van der Waals surface area contributed by atoms with Gasteiger partial charge in [-0.15, -0.1) is 9.92 Å². The van der Waals surface area contributed by atoms with Crippen LogP contribution in [0.4, 0.5) is 4.79 Å². The molecule has 4 atom stereocenters. The summed E-state index contributed by atoms with van der Waals surface area (Å²) in [5.41, 5.74) is 0. The molecule has 0 radical (unpaired) electrons. The molecule has 1 heterocycles. The number of aliphatic hydroxyl groups excluding tert-OH is 3. The topological polar surface area (TPSA) is 152 Å². The van der Waals surface area contributed by atoms with Crippen LogP contribution in [0.1, 0.15) is 0 Å². The second kappa shape index (κ2) is 4.89. The molecule has 1 fully saturated rings. The third kappa shape index (κ3) is 2.21. The first-order chi connectivity index (χ1) is 7.88. The van der Waals surface area contributed by atoms with Crippen LogP contribution in [0.15, 0.2) is 5.29 Å². The highest BCUT2D eigenvalue weighted by Gasteiger charge is 2.55. The van der Waals surface area contributed by atoms with Crippen molar-refractivity contribution in [1.29, 1.82) is 0 Å². The third-order valence-electron chi connectivity index (χ3n) is 2.36. The highest BCUT2D eigenvalue weighted by Crippen LogP contribution is 2.27. The second-order valence-electron chi connectivity index (χ2n) is 3.42. The molecule has 1 saturated heterocycles. The molecule has 98 valence electrons. The van der Waals surface area contributed by atoms with E-state index in [2.05, 4.69) is 10.0 Å². The number of nitrogens with one attached hydrogen (secondary N) is 1. The van der Waals surface area contributed by atoms with E-state index in [0.29, 0.717) is 0 Å². The van der Waals surface area contributed by atoms with E-state index in [1.807, 2.05) is 5.32 Å². The molecule has 0 aromatic rings. The minimum Gasteiger partial charge on any atom is -0.388 e. The van der Waals surface area contributed by atoms with Crippen LogP contribution in [0.25, 0.3) is 0 Å². The largest absolute Gasteiger partial charge is 0.388 e. The number of carbonyl (C=O) groups excluding carboxylic acids is 1. The molecule has 0 saturated carbocycles. The number of nitrogens with zero attached hydrogens (tertiary/aromatic N) is 2. The van der Waals surface area contributed by atoms with Gasteiger partial charge in [-0.3, -0.25) is 0 Å². The number of rotatable bonds is 2. The Morgan fingerprint density at radius 3 is 2.59 bits per heavy atom. The molecule has 0 aromatic heterocycles.